The summed E-state index contributed by atoms with van der Waals surface area (Å²) in [5.74, 6) is -0.369. The fourth-order valence-electron chi connectivity index (χ4n) is 4.32. The molecule has 0 aliphatic heterocycles. The Bertz CT molecular complexity index is 879. The van der Waals surface area contributed by atoms with Crippen LogP contribution >= 0.6 is 7.82 Å². The molecular weight excluding hydrogens is 601 g/mol. The molecule has 0 rings (SSSR count). The van der Waals surface area contributed by atoms with Crippen LogP contribution in [0.2, 0.25) is 0 Å². The van der Waals surface area contributed by atoms with Crippen LogP contribution in [0, 0.1) is 0 Å². The van der Waals surface area contributed by atoms with E-state index < -0.39 is 13.9 Å². The Morgan fingerprint density at radius 3 is 1.91 bits per heavy atom. The fraction of sp³-hybridized carbons (Fsp3) is 0.757. The number of carbonyl (C=O) groups is 1. The van der Waals surface area contributed by atoms with Crippen molar-refractivity contribution >= 4 is 13.8 Å². The van der Waals surface area contributed by atoms with Gasteiger partial charge in [0.2, 0.25) is 0 Å². The number of likely N-dealkylation sites (N-methyl/N-ethyl adjacent to an activating group) is 1. The van der Waals surface area contributed by atoms with Gasteiger partial charge in [0.15, 0.2) is 0 Å². The van der Waals surface area contributed by atoms with E-state index >= 15 is 0 Å². The zero-order valence-electron chi connectivity index (χ0n) is 30.0. The number of carbonyl (C=O) groups excluding carboxylic acids is 1. The smallest absolute Gasteiger partial charge is 0.306 e. The summed E-state index contributed by atoms with van der Waals surface area (Å²) in [6, 6.07) is 0. The molecule has 0 aromatic heterocycles. The highest BCUT2D eigenvalue weighted by molar-refractivity contribution is 7.45. The minimum Gasteiger partial charge on any atom is -0.756 e. The Kier molecular flexibility index (Phi) is 29.7. The Morgan fingerprint density at radius 2 is 1.26 bits per heavy atom. The van der Waals surface area contributed by atoms with Crippen LogP contribution in [-0.4, -0.2) is 70.7 Å². The number of phosphoric ester groups is 1. The van der Waals surface area contributed by atoms with Crippen LogP contribution in [0.25, 0.3) is 0 Å². The minimum absolute atomic E-state index is 0.0172. The first-order chi connectivity index (χ1) is 22.1. The van der Waals surface area contributed by atoms with Gasteiger partial charge in [0.25, 0.3) is 7.82 Å². The third-order valence-electron chi connectivity index (χ3n) is 7.10. The molecule has 0 heterocycles. The maximum absolute atomic E-state index is 12.6. The molecule has 0 aromatic rings. The number of quaternary nitrogens is 1. The van der Waals surface area contributed by atoms with E-state index in [2.05, 4.69) is 62.5 Å². The van der Waals surface area contributed by atoms with Gasteiger partial charge in [0.1, 0.15) is 19.3 Å². The lowest BCUT2D eigenvalue weighted by atomic mass is 10.1. The molecule has 268 valence electrons. The fourth-order valence-corrected chi connectivity index (χ4v) is 5.05. The number of hydrogen-bond donors (Lipinski definition) is 0. The van der Waals surface area contributed by atoms with Gasteiger partial charge in [-0.15, -0.1) is 0 Å². The summed E-state index contributed by atoms with van der Waals surface area (Å²) in [5, 5.41) is 0. The van der Waals surface area contributed by atoms with Gasteiger partial charge in [-0.05, 0) is 64.2 Å². The number of unbranched alkanes of at least 4 members (excludes halogenated alkanes) is 10. The van der Waals surface area contributed by atoms with Crippen LogP contribution in [0.3, 0.4) is 0 Å². The third kappa shape index (κ3) is 33.8. The molecule has 2 atom stereocenters. The number of hydrogen-bond acceptors (Lipinski definition) is 7. The van der Waals surface area contributed by atoms with Crippen LogP contribution in [0.5, 0.6) is 0 Å². The first-order valence-corrected chi connectivity index (χ1v) is 19.3. The molecule has 0 amide bonds. The first kappa shape index (κ1) is 44.5. The van der Waals surface area contributed by atoms with Crippen LogP contribution in [-0.2, 0) is 27.9 Å². The summed E-state index contributed by atoms with van der Waals surface area (Å²) < 4.78 is 34.3. The second kappa shape index (κ2) is 30.8. The van der Waals surface area contributed by atoms with E-state index in [1.54, 1.807) is 0 Å². The van der Waals surface area contributed by atoms with Gasteiger partial charge >= 0.3 is 5.97 Å². The largest absolute Gasteiger partial charge is 0.756 e. The predicted molar refractivity (Wildman–Crippen MR) is 190 cm³/mol. The number of nitrogens with zero attached hydrogens (tertiary/aromatic N) is 1. The lowest BCUT2D eigenvalue weighted by molar-refractivity contribution is -0.870. The number of ether oxygens (including phenoxy) is 2. The second-order valence-corrected chi connectivity index (χ2v) is 14.3. The Balaban J connectivity index is 4.41. The molecule has 0 fully saturated rings. The van der Waals surface area contributed by atoms with Crippen LogP contribution < -0.4 is 4.89 Å². The van der Waals surface area contributed by atoms with Gasteiger partial charge in [0.05, 0.1) is 34.4 Å². The van der Waals surface area contributed by atoms with E-state index in [-0.39, 0.29) is 32.2 Å². The van der Waals surface area contributed by atoms with Crippen LogP contribution in [0.1, 0.15) is 123 Å². The van der Waals surface area contributed by atoms with Gasteiger partial charge in [-0.2, -0.15) is 0 Å². The molecule has 46 heavy (non-hydrogen) atoms. The highest BCUT2D eigenvalue weighted by atomic mass is 31.2. The van der Waals surface area contributed by atoms with Crippen molar-refractivity contribution in [2.24, 2.45) is 0 Å². The lowest BCUT2D eigenvalue weighted by Crippen LogP contribution is -2.37. The van der Waals surface area contributed by atoms with Crippen LogP contribution in [0.4, 0.5) is 0 Å². The van der Waals surface area contributed by atoms with E-state index in [9.17, 15) is 14.3 Å². The van der Waals surface area contributed by atoms with Crippen molar-refractivity contribution in [2.75, 3.05) is 54.1 Å². The second-order valence-electron chi connectivity index (χ2n) is 12.8. The Hall–Kier alpha value is -1.54. The van der Waals surface area contributed by atoms with E-state index in [1.807, 2.05) is 21.1 Å². The molecule has 0 spiro atoms. The number of esters is 1. The van der Waals surface area contributed by atoms with E-state index in [0.29, 0.717) is 24.1 Å². The molecule has 9 heteroatoms. The number of allylic oxidation sites excluding steroid dienone is 8. The topological polar surface area (TPSA) is 94.1 Å². The van der Waals surface area contributed by atoms with Crippen molar-refractivity contribution in [3.05, 3.63) is 48.6 Å². The Morgan fingerprint density at radius 1 is 0.696 bits per heavy atom. The number of rotatable bonds is 32. The molecule has 0 saturated heterocycles. The van der Waals surface area contributed by atoms with Crippen molar-refractivity contribution in [3.8, 4) is 0 Å². The van der Waals surface area contributed by atoms with Crippen molar-refractivity contribution in [1.29, 1.82) is 0 Å². The maximum atomic E-state index is 12.6. The molecule has 0 aliphatic carbocycles. The monoisotopic (exact) mass is 669 g/mol. The van der Waals surface area contributed by atoms with Gasteiger partial charge in [-0.1, -0.05) is 101 Å². The van der Waals surface area contributed by atoms with Gasteiger partial charge in [-0.3, -0.25) is 9.36 Å². The van der Waals surface area contributed by atoms with Crippen molar-refractivity contribution in [3.63, 3.8) is 0 Å². The standard InChI is InChI=1S/C37H68NO7P/c1-6-8-10-12-14-16-18-19-20-22-24-26-28-30-37(39)45-36(35-44-46(40,41)43-33-31-38(3,4)5)34-42-32-29-27-25-23-21-17-15-13-11-9-7-2/h8,10-11,13-14,16,19-20,36H,6-7,9,12,15,17-18,21-35H2,1-5H3/b10-8-,13-11-,16-14-,20-19-. The van der Waals surface area contributed by atoms with Crippen LogP contribution in [0.15, 0.2) is 48.6 Å². The van der Waals surface area contributed by atoms with Crippen molar-refractivity contribution in [1.82, 2.24) is 0 Å². The zero-order valence-corrected chi connectivity index (χ0v) is 30.9. The lowest BCUT2D eigenvalue weighted by Gasteiger charge is -2.28. The molecule has 2 unspecified atom stereocenters. The predicted octanol–water partition coefficient (Wildman–Crippen LogP) is 9.02. The molecule has 0 bridgehead atoms. The average molecular weight is 670 g/mol. The van der Waals surface area contributed by atoms with Gasteiger partial charge < -0.3 is 27.9 Å². The van der Waals surface area contributed by atoms with E-state index in [0.717, 1.165) is 64.2 Å². The van der Waals surface area contributed by atoms with E-state index in [1.165, 1.54) is 32.1 Å². The first-order valence-electron chi connectivity index (χ1n) is 17.9. The molecule has 0 saturated carbocycles. The summed E-state index contributed by atoms with van der Waals surface area (Å²) in [5.41, 5.74) is 0. The highest BCUT2D eigenvalue weighted by Gasteiger charge is 2.20. The van der Waals surface area contributed by atoms with Gasteiger partial charge in [0, 0.05) is 13.0 Å². The summed E-state index contributed by atoms with van der Waals surface area (Å²) in [6.07, 6.45) is 34.1. The minimum atomic E-state index is -4.52. The molecule has 8 nitrogen and oxygen atoms in total. The molecular formula is C37H68NO7P. The quantitative estimate of drug-likeness (QED) is 0.0232. The molecule has 0 aromatic carbocycles. The summed E-state index contributed by atoms with van der Waals surface area (Å²) in [4.78, 5) is 24.8. The summed E-state index contributed by atoms with van der Waals surface area (Å²) >= 11 is 0. The molecule has 0 radical (unpaired) electrons. The molecule has 0 N–H and O–H groups in total. The maximum Gasteiger partial charge on any atom is 0.306 e. The van der Waals surface area contributed by atoms with E-state index in [4.69, 9.17) is 18.5 Å². The zero-order chi connectivity index (χ0) is 34.2. The van der Waals surface area contributed by atoms with Crippen molar-refractivity contribution in [2.45, 2.75) is 129 Å². The average Bonchev–Trinajstić information content (AvgIpc) is 2.99. The summed E-state index contributed by atoms with van der Waals surface area (Å²) in [7, 11) is 1.32. The summed E-state index contributed by atoms with van der Waals surface area (Å²) in [6.45, 7) is 5.15. The molecule has 0 aliphatic rings. The highest BCUT2D eigenvalue weighted by Crippen LogP contribution is 2.38. The normalized spacial score (nSPS) is 14.7. The Labute approximate surface area is 282 Å². The van der Waals surface area contributed by atoms with Crippen molar-refractivity contribution < 1.29 is 37.3 Å². The van der Waals surface area contributed by atoms with Gasteiger partial charge in [-0.25, -0.2) is 0 Å². The third-order valence-corrected chi connectivity index (χ3v) is 8.06. The SMILES string of the molecule is CC/C=C\C/C=C\C/C=C\CCCCCC(=O)OC(COCCCCCCCC/C=C\CCC)COP(=O)([O-])OCC[N+](C)(C)C. The number of phosphoric acid groups is 1.